The number of carbonyl (C=O) groups excluding carboxylic acids is 1. The highest BCUT2D eigenvalue weighted by atomic mass is 16.5. The lowest BCUT2D eigenvalue weighted by Gasteiger charge is -2.21. The molecule has 1 fully saturated rings. The van der Waals surface area contributed by atoms with Crippen LogP contribution >= 0.6 is 0 Å². The number of pyridine rings is 2. The van der Waals surface area contributed by atoms with Gasteiger partial charge >= 0.3 is 0 Å². The van der Waals surface area contributed by atoms with Gasteiger partial charge < -0.3 is 14.8 Å². The van der Waals surface area contributed by atoms with E-state index >= 15 is 0 Å². The molecular weight excluding hydrogens is 294 g/mol. The summed E-state index contributed by atoms with van der Waals surface area (Å²) in [5.41, 5.74) is 1.19. The van der Waals surface area contributed by atoms with Crippen LogP contribution in [0, 0.1) is 5.92 Å². The highest BCUT2D eigenvalue weighted by Gasteiger charge is 2.15. The van der Waals surface area contributed by atoms with E-state index in [1.165, 1.54) is 6.20 Å². The van der Waals surface area contributed by atoms with Crippen LogP contribution in [0.1, 0.15) is 23.2 Å². The lowest BCUT2D eigenvalue weighted by atomic mass is 10.0. The van der Waals surface area contributed by atoms with Gasteiger partial charge in [0, 0.05) is 43.6 Å². The van der Waals surface area contributed by atoms with Crippen molar-refractivity contribution in [3.63, 3.8) is 0 Å². The molecule has 0 bridgehead atoms. The van der Waals surface area contributed by atoms with E-state index in [0.717, 1.165) is 26.1 Å². The van der Waals surface area contributed by atoms with Gasteiger partial charge in [-0.05, 0) is 37.0 Å². The molecule has 1 amide bonds. The van der Waals surface area contributed by atoms with Crippen molar-refractivity contribution in [2.75, 3.05) is 25.1 Å². The van der Waals surface area contributed by atoms with Gasteiger partial charge in [-0.2, -0.15) is 0 Å². The zero-order valence-electron chi connectivity index (χ0n) is 12.8. The van der Waals surface area contributed by atoms with Crippen LogP contribution in [0.2, 0.25) is 0 Å². The minimum Gasteiger partial charge on any atom is -0.477 e. The van der Waals surface area contributed by atoms with Crippen molar-refractivity contribution < 1.29 is 14.3 Å². The SMILES string of the molecule is O=C(Nc1ccncc1)c1ccc(OCC2CCOCC2)nc1. The molecule has 120 valence electrons. The van der Waals surface area contributed by atoms with Crippen LogP contribution in [-0.2, 0) is 4.74 Å². The van der Waals surface area contributed by atoms with Gasteiger partial charge in [0.15, 0.2) is 0 Å². The molecule has 1 saturated heterocycles. The van der Waals surface area contributed by atoms with Crippen molar-refractivity contribution in [2.45, 2.75) is 12.8 Å². The Morgan fingerprint density at radius 3 is 2.70 bits per heavy atom. The molecule has 6 heteroatoms. The number of amides is 1. The first kappa shape index (κ1) is 15.4. The molecule has 1 aliphatic heterocycles. The first-order chi connectivity index (χ1) is 11.3. The molecule has 23 heavy (non-hydrogen) atoms. The molecule has 6 nitrogen and oxygen atoms in total. The molecule has 3 rings (SSSR count). The topological polar surface area (TPSA) is 73.3 Å². The molecule has 0 aliphatic carbocycles. The summed E-state index contributed by atoms with van der Waals surface area (Å²) in [5, 5.41) is 2.79. The first-order valence-electron chi connectivity index (χ1n) is 7.69. The third kappa shape index (κ3) is 4.50. The number of hydrogen-bond acceptors (Lipinski definition) is 5. The highest BCUT2D eigenvalue weighted by molar-refractivity contribution is 6.04. The van der Waals surface area contributed by atoms with Gasteiger partial charge in [0.25, 0.3) is 5.91 Å². The number of ether oxygens (including phenoxy) is 2. The molecule has 0 spiro atoms. The van der Waals surface area contributed by atoms with Gasteiger partial charge in [0.2, 0.25) is 5.88 Å². The Balaban J connectivity index is 1.53. The Morgan fingerprint density at radius 1 is 1.22 bits per heavy atom. The van der Waals surface area contributed by atoms with Crippen molar-refractivity contribution in [3.8, 4) is 5.88 Å². The maximum Gasteiger partial charge on any atom is 0.257 e. The summed E-state index contributed by atoms with van der Waals surface area (Å²) in [6, 6.07) is 6.90. The van der Waals surface area contributed by atoms with Gasteiger partial charge in [0.05, 0.1) is 12.2 Å². The summed E-state index contributed by atoms with van der Waals surface area (Å²) in [6.07, 6.45) is 6.82. The molecule has 0 saturated carbocycles. The Kier molecular flexibility index (Phi) is 5.16. The summed E-state index contributed by atoms with van der Waals surface area (Å²) in [7, 11) is 0. The monoisotopic (exact) mass is 313 g/mol. The maximum atomic E-state index is 12.1. The van der Waals surface area contributed by atoms with Crippen LogP contribution in [-0.4, -0.2) is 35.7 Å². The summed E-state index contributed by atoms with van der Waals surface area (Å²) >= 11 is 0. The van der Waals surface area contributed by atoms with Crippen LogP contribution in [0.25, 0.3) is 0 Å². The summed E-state index contributed by atoms with van der Waals surface area (Å²) in [5.74, 6) is 0.844. The number of nitrogens with zero attached hydrogens (tertiary/aromatic N) is 2. The Hall–Kier alpha value is -2.47. The number of carbonyl (C=O) groups is 1. The first-order valence-corrected chi connectivity index (χ1v) is 7.69. The van der Waals surface area contributed by atoms with E-state index in [1.807, 2.05) is 0 Å². The van der Waals surface area contributed by atoms with Crippen LogP contribution in [0.15, 0.2) is 42.9 Å². The smallest absolute Gasteiger partial charge is 0.257 e. The quantitative estimate of drug-likeness (QED) is 0.918. The second-order valence-corrected chi connectivity index (χ2v) is 5.44. The van der Waals surface area contributed by atoms with E-state index in [4.69, 9.17) is 9.47 Å². The van der Waals surface area contributed by atoms with Crippen molar-refractivity contribution in [1.29, 1.82) is 0 Å². The van der Waals surface area contributed by atoms with E-state index < -0.39 is 0 Å². The van der Waals surface area contributed by atoms with E-state index in [1.54, 1.807) is 36.7 Å². The highest BCUT2D eigenvalue weighted by Crippen LogP contribution is 2.17. The zero-order valence-corrected chi connectivity index (χ0v) is 12.8. The predicted molar refractivity (Wildman–Crippen MR) is 85.5 cm³/mol. The Labute approximate surface area is 134 Å². The second kappa shape index (κ2) is 7.69. The van der Waals surface area contributed by atoms with Crippen LogP contribution in [0.3, 0.4) is 0 Å². The minimum atomic E-state index is -0.209. The average molecular weight is 313 g/mol. The van der Waals surface area contributed by atoms with Crippen molar-refractivity contribution in [1.82, 2.24) is 9.97 Å². The van der Waals surface area contributed by atoms with Crippen molar-refractivity contribution in [2.24, 2.45) is 5.92 Å². The average Bonchev–Trinajstić information content (AvgIpc) is 2.62. The van der Waals surface area contributed by atoms with Crippen molar-refractivity contribution >= 4 is 11.6 Å². The normalized spacial score (nSPS) is 15.1. The summed E-state index contributed by atoms with van der Waals surface area (Å²) in [4.78, 5) is 20.2. The molecule has 2 aromatic rings. The number of nitrogens with one attached hydrogen (secondary N) is 1. The standard InChI is InChI=1S/C17H19N3O3/c21-17(20-15-3-7-18-8-4-15)14-1-2-16(19-11-14)23-12-13-5-9-22-10-6-13/h1-4,7-8,11,13H,5-6,9-10,12H2,(H,18,20,21). The lowest BCUT2D eigenvalue weighted by molar-refractivity contribution is 0.0490. The number of anilines is 1. The van der Waals surface area contributed by atoms with Gasteiger partial charge in [-0.15, -0.1) is 0 Å². The molecule has 3 heterocycles. The predicted octanol–water partition coefficient (Wildman–Crippen LogP) is 2.53. The van der Waals surface area contributed by atoms with Gasteiger partial charge in [-0.3, -0.25) is 9.78 Å². The Bertz CT molecular complexity index is 625. The summed E-state index contributed by atoms with van der Waals surface area (Å²) < 4.78 is 11.0. The molecule has 0 unspecified atom stereocenters. The van der Waals surface area contributed by atoms with E-state index in [2.05, 4.69) is 15.3 Å². The van der Waals surface area contributed by atoms with Crippen molar-refractivity contribution in [3.05, 3.63) is 48.4 Å². The number of rotatable bonds is 5. The fraction of sp³-hybridized carbons (Fsp3) is 0.353. The zero-order chi connectivity index (χ0) is 15.9. The maximum absolute atomic E-state index is 12.1. The van der Waals surface area contributed by atoms with Gasteiger partial charge in [-0.1, -0.05) is 0 Å². The molecule has 1 N–H and O–H groups in total. The van der Waals surface area contributed by atoms with Gasteiger partial charge in [-0.25, -0.2) is 4.98 Å². The van der Waals surface area contributed by atoms with Crippen LogP contribution < -0.4 is 10.1 Å². The van der Waals surface area contributed by atoms with Crippen LogP contribution in [0.5, 0.6) is 5.88 Å². The minimum absolute atomic E-state index is 0.209. The van der Waals surface area contributed by atoms with Crippen LogP contribution in [0.4, 0.5) is 5.69 Å². The third-order valence-electron chi connectivity index (χ3n) is 3.74. The number of hydrogen-bond donors (Lipinski definition) is 1. The fourth-order valence-electron chi connectivity index (χ4n) is 2.35. The fourth-order valence-corrected chi connectivity index (χ4v) is 2.35. The van der Waals surface area contributed by atoms with Gasteiger partial charge in [0.1, 0.15) is 0 Å². The third-order valence-corrected chi connectivity index (χ3v) is 3.74. The van der Waals surface area contributed by atoms with E-state index in [9.17, 15) is 4.79 Å². The molecule has 0 atom stereocenters. The Morgan fingerprint density at radius 2 is 2.00 bits per heavy atom. The largest absolute Gasteiger partial charge is 0.477 e. The lowest BCUT2D eigenvalue weighted by Crippen LogP contribution is -2.21. The molecule has 2 aromatic heterocycles. The molecular formula is C17H19N3O3. The summed E-state index contributed by atoms with van der Waals surface area (Å²) in [6.45, 7) is 2.24. The van der Waals surface area contributed by atoms with E-state index in [0.29, 0.717) is 29.7 Å². The molecule has 0 aromatic carbocycles. The number of aromatic nitrogens is 2. The molecule has 1 aliphatic rings. The second-order valence-electron chi connectivity index (χ2n) is 5.44. The molecule has 0 radical (unpaired) electrons. The van der Waals surface area contributed by atoms with E-state index in [-0.39, 0.29) is 5.91 Å².